The fraction of sp³-hybridized carbons (Fsp3) is 0.318. The molecular formula is C22H20N6OS2. The minimum absolute atomic E-state index is 0.0205. The molecule has 1 amide bonds. The van der Waals surface area contributed by atoms with Gasteiger partial charge in [0.15, 0.2) is 16.7 Å². The summed E-state index contributed by atoms with van der Waals surface area (Å²) in [7, 11) is 0. The Bertz CT molecular complexity index is 1240. The van der Waals surface area contributed by atoms with Crippen molar-refractivity contribution in [3.05, 3.63) is 58.3 Å². The third-order valence-electron chi connectivity index (χ3n) is 6.01. The van der Waals surface area contributed by atoms with Gasteiger partial charge in [0.1, 0.15) is 5.82 Å². The van der Waals surface area contributed by atoms with E-state index in [0.717, 1.165) is 28.0 Å². The van der Waals surface area contributed by atoms with Crippen molar-refractivity contribution in [2.45, 2.75) is 38.3 Å². The molecule has 1 aromatic carbocycles. The van der Waals surface area contributed by atoms with Crippen LogP contribution in [0.25, 0.3) is 22.0 Å². The summed E-state index contributed by atoms with van der Waals surface area (Å²) in [4.78, 5) is 19.8. The second-order valence-corrected chi connectivity index (χ2v) is 9.56. The van der Waals surface area contributed by atoms with Gasteiger partial charge < -0.3 is 9.47 Å². The molecular weight excluding hydrogens is 428 g/mol. The Balaban J connectivity index is 1.24. The number of rotatable bonds is 4. The molecule has 0 bridgehead atoms. The van der Waals surface area contributed by atoms with E-state index in [1.165, 1.54) is 29.9 Å². The molecule has 1 aliphatic heterocycles. The predicted molar refractivity (Wildman–Crippen MR) is 120 cm³/mol. The summed E-state index contributed by atoms with van der Waals surface area (Å²) in [6.07, 6.45) is 2.35. The Kier molecular flexibility index (Phi) is 4.46. The first kappa shape index (κ1) is 18.8. The Morgan fingerprint density at radius 1 is 1.06 bits per heavy atom. The lowest BCUT2D eigenvalue weighted by Crippen LogP contribution is -2.41. The van der Waals surface area contributed by atoms with Crippen LogP contribution >= 0.6 is 22.9 Å². The molecule has 31 heavy (non-hydrogen) atoms. The molecule has 1 atom stereocenters. The second kappa shape index (κ2) is 7.35. The maximum atomic E-state index is 13.2. The van der Waals surface area contributed by atoms with Gasteiger partial charge in [0.05, 0.1) is 6.04 Å². The van der Waals surface area contributed by atoms with E-state index in [1.807, 2.05) is 36.1 Å². The van der Waals surface area contributed by atoms with Crippen LogP contribution in [0.5, 0.6) is 0 Å². The number of nitrogens with zero attached hydrogens (tertiary/aromatic N) is 6. The van der Waals surface area contributed by atoms with Crippen LogP contribution in [0.3, 0.4) is 0 Å². The van der Waals surface area contributed by atoms with Gasteiger partial charge in [0.2, 0.25) is 0 Å². The molecule has 0 saturated heterocycles. The number of fused-ring (bicyclic) bond motifs is 1. The second-order valence-electron chi connectivity index (χ2n) is 8.03. The summed E-state index contributed by atoms with van der Waals surface area (Å²) in [5, 5.41) is 13.8. The van der Waals surface area contributed by atoms with Gasteiger partial charge in [-0.05, 0) is 71.4 Å². The van der Waals surface area contributed by atoms with Crippen LogP contribution in [0.1, 0.15) is 53.7 Å². The lowest BCUT2D eigenvalue weighted by atomic mass is 10.1. The number of amides is 1. The molecule has 2 aliphatic rings. The lowest BCUT2D eigenvalue weighted by molar-refractivity contribution is 0.0638. The molecule has 6 rings (SSSR count). The summed E-state index contributed by atoms with van der Waals surface area (Å²) >= 11 is 3.06. The molecule has 3 aromatic heterocycles. The smallest absolute Gasteiger partial charge is 0.254 e. The number of benzene rings is 1. The first-order valence-electron chi connectivity index (χ1n) is 10.4. The quantitative estimate of drug-likeness (QED) is 0.455. The number of thiophene rings is 1. The van der Waals surface area contributed by atoms with E-state index in [0.29, 0.717) is 24.6 Å². The Labute approximate surface area is 187 Å². The minimum Gasteiger partial charge on any atom is -0.327 e. The molecule has 0 unspecified atom stereocenters. The molecule has 1 saturated carbocycles. The zero-order chi connectivity index (χ0) is 20.9. The Hall–Kier alpha value is -2.91. The summed E-state index contributed by atoms with van der Waals surface area (Å²) in [6, 6.07) is 9.77. The number of carbonyl (C=O) groups excluding carboxylic acids is 1. The largest absolute Gasteiger partial charge is 0.327 e. The van der Waals surface area contributed by atoms with E-state index in [-0.39, 0.29) is 11.9 Å². The van der Waals surface area contributed by atoms with Crippen LogP contribution in [-0.2, 0) is 6.54 Å². The maximum absolute atomic E-state index is 13.2. The van der Waals surface area contributed by atoms with Crippen LogP contribution in [0.15, 0.2) is 41.1 Å². The topological polar surface area (TPSA) is 76.8 Å². The van der Waals surface area contributed by atoms with Crippen molar-refractivity contribution < 1.29 is 4.79 Å². The van der Waals surface area contributed by atoms with Gasteiger partial charge in [-0.25, -0.2) is 4.98 Å². The molecule has 7 nitrogen and oxygen atoms in total. The molecule has 0 radical (unpaired) electrons. The lowest BCUT2D eigenvalue weighted by Gasteiger charge is -2.33. The van der Waals surface area contributed by atoms with E-state index in [2.05, 4.69) is 40.9 Å². The first-order chi connectivity index (χ1) is 15.2. The molecule has 9 heteroatoms. The standard InChI is InChI=1S/C22H20N6OS2/c1-13-19-24-25-20(21-23-18(26-31-21)15-4-5-15)28(19)10-9-27(13)22(29)16-6-2-14(3-7-16)17-8-11-30-12-17/h2-3,6-8,11-13,15H,4-5,9-10H2,1H3/t13-/m1/s1. The zero-order valence-electron chi connectivity index (χ0n) is 16.9. The third kappa shape index (κ3) is 3.28. The molecule has 4 aromatic rings. The molecule has 4 heterocycles. The van der Waals surface area contributed by atoms with Gasteiger partial charge in [0.25, 0.3) is 5.91 Å². The Morgan fingerprint density at radius 3 is 2.65 bits per heavy atom. The third-order valence-corrected chi connectivity index (χ3v) is 7.42. The van der Waals surface area contributed by atoms with E-state index in [1.54, 1.807) is 11.3 Å². The normalized spacial score (nSPS) is 18.2. The number of aromatic nitrogens is 5. The summed E-state index contributed by atoms with van der Waals surface area (Å²) in [5.41, 5.74) is 2.99. The summed E-state index contributed by atoms with van der Waals surface area (Å²) < 4.78 is 6.58. The van der Waals surface area contributed by atoms with Gasteiger partial charge in [-0.3, -0.25) is 4.79 Å². The van der Waals surface area contributed by atoms with Crippen molar-refractivity contribution in [2.75, 3.05) is 6.54 Å². The molecule has 1 aliphatic carbocycles. The monoisotopic (exact) mass is 448 g/mol. The number of hydrogen-bond acceptors (Lipinski definition) is 7. The van der Waals surface area contributed by atoms with Crippen LogP contribution in [0.2, 0.25) is 0 Å². The molecule has 156 valence electrons. The van der Waals surface area contributed by atoms with Crippen LogP contribution in [0.4, 0.5) is 0 Å². The zero-order valence-corrected chi connectivity index (χ0v) is 18.6. The van der Waals surface area contributed by atoms with Gasteiger partial charge >= 0.3 is 0 Å². The van der Waals surface area contributed by atoms with E-state index >= 15 is 0 Å². The van der Waals surface area contributed by atoms with Gasteiger partial charge in [-0.1, -0.05) is 12.1 Å². The summed E-state index contributed by atoms with van der Waals surface area (Å²) in [6.45, 7) is 3.27. The van der Waals surface area contributed by atoms with Crippen molar-refractivity contribution in [1.82, 2.24) is 29.0 Å². The predicted octanol–water partition coefficient (Wildman–Crippen LogP) is 4.62. The molecule has 0 spiro atoms. The molecule has 0 N–H and O–H groups in total. The van der Waals surface area contributed by atoms with Crippen molar-refractivity contribution in [2.24, 2.45) is 0 Å². The molecule has 1 fully saturated rings. The van der Waals surface area contributed by atoms with E-state index in [9.17, 15) is 4.79 Å². The average Bonchev–Trinajstić information content (AvgIpc) is 3.21. The minimum atomic E-state index is -0.158. The maximum Gasteiger partial charge on any atom is 0.254 e. The van der Waals surface area contributed by atoms with E-state index in [4.69, 9.17) is 0 Å². The Morgan fingerprint density at radius 2 is 1.90 bits per heavy atom. The van der Waals surface area contributed by atoms with Crippen molar-refractivity contribution in [3.63, 3.8) is 0 Å². The van der Waals surface area contributed by atoms with Crippen LogP contribution in [-0.4, -0.2) is 41.5 Å². The highest BCUT2D eigenvalue weighted by Crippen LogP contribution is 2.40. The highest BCUT2D eigenvalue weighted by Gasteiger charge is 2.34. The fourth-order valence-electron chi connectivity index (χ4n) is 4.05. The van der Waals surface area contributed by atoms with Crippen molar-refractivity contribution in [1.29, 1.82) is 0 Å². The van der Waals surface area contributed by atoms with Crippen molar-refractivity contribution in [3.8, 4) is 22.0 Å². The van der Waals surface area contributed by atoms with E-state index < -0.39 is 0 Å². The fourth-order valence-corrected chi connectivity index (χ4v) is 5.46. The van der Waals surface area contributed by atoms with Gasteiger partial charge in [-0.2, -0.15) is 15.7 Å². The average molecular weight is 449 g/mol. The van der Waals surface area contributed by atoms with Crippen LogP contribution in [0, 0.1) is 0 Å². The first-order valence-corrected chi connectivity index (χ1v) is 12.1. The highest BCUT2D eigenvalue weighted by molar-refractivity contribution is 7.09. The SMILES string of the molecule is C[C@@H]1c2nnc(-c3nc(C4CC4)ns3)n2CCN1C(=O)c1ccc(-c2ccsc2)cc1. The van der Waals surface area contributed by atoms with Gasteiger partial charge in [-0.15, -0.1) is 10.2 Å². The van der Waals surface area contributed by atoms with Crippen LogP contribution < -0.4 is 0 Å². The van der Waals surface area contributed by atoms with Gasteiger partial charge in [0, 0.05) is 24.6 Å². The summed E-state index contributed by atoms with van der Waals surface area (Å²) in [5.74, 6) is 3.04. The number of carbonyl (C=O) groups is 1. The highest BCUT2D eigenvalue weighted by atomic mass is 32.1. The van der Waals surface area contributed by atoms with Crippen molar-refractivity contribution >= 4 is 28.8 Å². The number of hydrogen-bond donors (Lipinski definition) is 0.